The Balaban J connectivity index is 3.10. The predicted molar refractivity (Wildman–Crippen MR) is 61.9 cm³/mol. The van der Waals surface area contributed by atoms with Crippen LogP contribution in [0.5, 0.6) is 0 Å². The molecule has 0 bridgehead atoms. The first-order valence-electron chi connectivity index (χ1n) is 6.17. The van der Waals surface area contributed by atoms with Crippen LogP contribution in [0.4, 0.5) is 0 Å². The van der Waals surface area contributed by atoms with Gasteiger partial charge in [0.25, 0.3) is 0 Å². The Labute approximate surface area is 102 Å². The summed E-state index contributed by atoms with van der Waals surface area (Å²) < 4.78 is 5.05. The van der Waals surface area contributed by atoms with E-state index in [2.05, 4.69) is 0 Å². The van der Waals surface area contributed by atoms with E-state index < -0.39 is 17.3 Å². The van der Waals surface area contributed by atoms with Gasteiger partial charge in [0.2, 0.25) is 0 Å². The van der Waals surface area contributed by atoms with Gasteiger partial charge in [0.15, 0.2) is 5.78 Å². The van der Waals surface area contributed by atoms with Crippen LogP contribution in [0.15, 0.2) is 0 Å². The molecule has 0 aromatic heterocycles. The molecule has 0 heterocycles. The molecule has 3 unspecified atom stereocenters. The van der Waals surface area contributed by atoms with Crippen LogP contribution < -0.4 is 0 Å². The Kier molecular flexibility index (Phi) is 4.28. The van der Waals surface area contributed by atoms with Gasteiger partial charge in [-0.15, -0.1) is 0 Å². The topological polar surface area (TPSA) is 67.2 Å². The van der Waals surface area contributed by atoms with Crippen molar-refractivity contribution >= 4 is 11.8 Å². The van der Waals surface area contributed by atoms with Gasteiger partial charge in [-0.25, -0.2) is 0 Å². The Morgan fingerprint density at radius 1 is 1.53 bits per heavy atom. The number of carbonyl (C=O) groups is 2. The Morgan fingerprint density at radius 2 is 2.18 bits per heavy atom. The third-order valence-electron chi connectivity index (χ3n) is 3.78. The number of ether oxygens (including phenoxy) is 1. The first kappa shape index (κ1) is 13.7. The predicted octanol–water partition coefficient (Wildman–Crippen LogP) is 2.08. The SMILES string of the molecule is CCOC(=O)C1(CC)CC(CC)C(=O)C1C#N. The molecular formula is C13H19NO3. The van der Waals surface area contributed by atoms with Crippen molar-refractivity contribution in [3.63, 3.8) is 0 Å². The van der Waals surface area contributed by atoms with E-state index in [-0.39, 0.29) is 18.3 Å². The molecule has 0 amide bonds. The van der Waals surface area contributed by atoms with E-state index >= 15 is 0 Å². The van der Waals surface area contributed by atoms with Gasteiger partial charge in [0, 0.05) is 5.92 Å². The van der Waals surface area contributed by atoms with Gasteiger partial charge in [-0.2, -0.15) is 5.26 Å². The van der Waals surface area contributed by atoms with Crippen LogP contribution in [0, 0.1) is 28.6 Å². The van der Waals surface area contributed by atoms with Gasteiger partial charge < -0.3 is 4.74 Å². The largest absolute Gasteiger partial charge is 0.466 e. The minimum Gasteiger partial charge on any atom is -0.466 e. The van der Waals surface area contributed by atoms with E-state index in [1.165, 1.54) is 0 Å². The van der Waals surface area contributed by atoms with E-state index in [4.69, 9.17) is 10.00 Å². The van der Waals surface area contributed by atoms with Gasteiger partial charge in [0.05, 0.1) is 18.1 Å². The molecule has 1 rings (SSSR count). The van der Waals surface area contributed by atoms with Crippen LogP contribution in [-0.4, -0.2) is 18.4 Å². The summed E-state index contributed by atoms with van der Waals surface area (Å²) >= 11 is 0. The number of Topliss-reactive ketones (excluding diaryl/α,β-unsaturated/α-hetero) is 1. The monoisotopic (exact) mass is 237 g/mol. The number of nitrogens with zero attached hydrogens (tertiary/aromatic N) is 1. The van der Waals surface area contributed by atoms with E-state index in [1.807, 2.05) is 19.9 Å². The summed E-state index contributed by atoms with van der Waals surface area (Å²) in [7, 11) is 0. The lowest BCUT2D eigenvalue weighted by Crippen LogP contribution is -2.37. The zero-order chi connectivity index (χ0) is 13.1. The highest BCUT2D eigenvalue weighted by Crippen LogP contribution is 2.48. The van der Waals surface area contributed by atoms with Crippen LogP contribution >= 0.6 is 0 Å². The number of nitriles is 1. The summed E-state index contributed by atoms with van der Waals surface area (Å²) in [6.45, 7) is 5.76. The average Bonchev–Trinajstić information content (AvgIpc) is 2.62. The number of rotatable bonds is 4. The fourth-order valence-corrected chi connectivity index (χ4v) is 2.67. The molecule has 0 N–H and O–H groups in total. The molecule has 1 saturated carbocycles. The molecule has 1 aliphatic rings. The van der Waals surface area contributed by atoms with Crippen molar-refractivity contribution < 1.29 is 14.3 Å². The maximum Gasteiger partial charge on any atom is 0.313 e. The third-order valence-corrected chi connectivity index (χ3v) is 3.78. The standard InChI is InChI=1S/C13H19NO3/c1-4-9-7-13(5-2,12(16)17-6-3)10(8-14)11(9)15/h9-10H,4-7H2,1-3H3. The molecule has 17 heavy (non-hydrogen) atoms. The molecule has 0 spiro atoms. The zero-order valence-corrected chi connectivity index (χ0v) is 10.7. The molecule has 3 atom stereocenters. The second kappa shape index (κ2) is 5.31. The first-order chi connectivity index (χ1) is 8.07. The molecule has 0 radical (unpaired) electrons. The third kappa shape index (κ3) is 2.06. The molecule has 1 aliphatic carbocycles. The first-order valence-corrected chi connectivity index (χ1v) is 6.17. The van der Waals surface area contributed by atoms with Crippen LogP contribution in [0.2, 0.25) is 0 Å². The lowest BCUT2D eigenvalue weighted by atomic mass is 9.76. The molecular weight excluding hydrogens is 218 g/mol. The summed E-state index contributed by atoms with van der Waals surface area (Å²) in [5.74, 6) is -1.50. The smallest absolute Gasteiger partial charge is 0.313 e. The second-order valence-corrected chi connectivity index (χ2v) is 4.50. The minimum absolute atomic E-state index is 0.0927. The average molecular weight is 237 g/mol. The zero-order valence-electron chi connectivity index (χ0n) is 10.7. The Morgan fingerprint density at radius 3 is 2.59 bits per heavy atom. The van der Waals surface area contributed by atoms with Crippen LogP contribution in [0.3, 0.4) is 0 Å². The summed E-state index contributed by atoms with van der Waals surface area (Å²) in [5, 5.41) is 9.15. The van der Waals surface area contributed by atoms with Crippen molar-refractivity contribution in [2.45, 2.75) is 40.0 Å². The fraction of sp³-hybridized carbons (Fsp3) is 0.769. The molecule has 0 saturated heterocycles. The van der Waals surface area contributed by atoms with Gasteiger partial charge in [-0.3, -0.25) is 9.59 Å². The number of ketones is 1. The molecule has 4 heteroatoms. The maximum absolute atomic E-state index is 12.0. The number of hydrogen-bond acceptors (Lipinski definition) is 4. The lowest BCUT2D eigenvalue weighted by molar-refractivity contribution is -0.158. The van der Waals surface area contributed by atoms with E-state index in [0.717, 1.165) is 0 Å². The van der Waals surface area contributed by atoms with Crippen molar-refractivity contribution in [2.75, 3.05) is 6.61 Å². The quantitative estimate of drug-likeness (QED) is 0.702. The summed E-state index contributed by atoms with van der Waals surface area (Å²) in [4.78, 5) is 24.1. The summed E-state index contributed by atoms with van der Waals surface area (Å²) in [6.07, 6.45) is 1.61. The minimum atomic E-state index is -0.914. The van der Waals surface area contributed by atoms with Gasteiger partial charge in [-0.05, 0) is 26.2 Å². The van der Waals surface area contributed by atoms with Crippen molar-refractivity contribution in [1.82, 2.24) is 0 Å². The van der Waals surface area contributed by atoms with Crippen molar-refractivity contribution in [2.24, 2.45) is 17.3 Å². The number of hydrogen-bond donors (Lipinski definition) is 0. The van der Waals surface area contributed by atoms with Gasteiger partial charge >= 0.3 is 5.97 Å². The highest BCUT2D eigenvalue weighted by atomic mass is 16.5. The fourth-order valence-electron chi connectivity index (χ4n) is 2.67. The van der Waals surface area contributed by atoms with Crippen molar-refractivity contribution in [3.8, 4) is 6.07 Å². The van der Waals surface area contributed by atoms with Gasteiger partial charge in [0.1, 0.15) is 5.92 Å². The molecule has 1 fully saturated rings. The molecule has 94 valence electrons. The van der Waals surface area contributed by atoms with E-state index in [0.29, 0.717) is 19.3 Å². The molecule has 0 aromatic rings. The number of esters is 1. The highest BCUT2D eigenvalue weighted by molar-refractivity contribution is 5.96. The van der Waals surface area contributed by atoms with Crippen LogP contribution in [0.1, 0.15) is 40.0 Å². The van der Waals surface area contributed by atoms with Crippen LogP contribution in [-0.2, 0) is 14.3 Å². The second-order valence-electron chi connectivity index (χ2n) is 4.50. The number of carbonyl (C=O) groups excluding carboxylic acids is 2. The van der Waals surface area contributed by atoms with E-state index in [1.54, 1.807) is 6.92 Å². The summed E-state index contributed by atoms with van der Waals surface area (Å²) in [5.41, 5.74) is -0.914. The highest BCUT2D eigenvalue weighted by Gasteiger charge is 2.57. The normalized spacial score (nSPS) is 32.2. The Hall–Kier alpha value is -1.37. The van der Waals surface area contributed by atoms with Crippen molar-refractivity contribution in [1.29, 1.82) is 5.26 Å². The maximum atomic E-state index is 12.0. The van der Waals surface area contributed by atoms with Crippen molar-refractivity contribution in [3.05, 3.63) is 0 Å². The molecule has 0 aliphatic heterocycles. The lowest BCUT2D eigenvalue weighted by Gasteiger charge is -2.27. The summed E-state index contributed by atoms with van der Waals surface area (Å²) in [6, 6.07) is 2.01. The van der Waals surface area contributed by atoms with E-state index in [9.17, 15) is 9.59 Å². The Bertz CT molecular complexity index is 358. The van der Waals surface area contributed by atoms with Gasteiger partial charge in [-0.1, -0.05) is 13.8 Å². The molecule has 0 aromatic carbocycles. The molecule has 4 nitrogen and oxygen atoms in total. The van der Waals surface area contributed by atoms with Crippen LogP contribution in [0.25, 0.3) is 0 Å².